The Morgan fingerprint density at radius 1 is 1.52 bits per heavy atom. The number of rotatable bonds is 6. The molecule has 8 nitrogen and oxygen atoms in total. The maximum absolute atomic E-state index is 12.0. The van der Waals surface area contributed by atoms with Gasteiger partial charge in [0, 0.05) is 16.8 Å². The Bertz CT molecular complexity index is 734. The van der Waals surface area contributed by atoms with Crippen molar-refractivity contribution >= 4 is 38.3 Å². The molecule has 1 aromatic heterocycles. The number of aryl methyl sites for hydroxylation is 1. The van der Waals surface area contributed by atoms with E-state index in [1.807, 2.05) is 18.5 Å². The molecule has 0 fully saturated rings. The molecule has 1 unspecified atom stereocenters. The molecule has 1 aromatic carbocycles. The standard InChI is InChI=1S/C13H16BrN5O3S/c1-2-8-3-4-9(7-10(8)14)16-12(17-20)11-13(19-22-18-11)23(21)6-5-15/h3-4,7,20H,2,5-6,15H2,1H3,(H,16,17). The van der Waals surface area contributed by atoms with Gasteiger partial charge in [-0.1, -0.05) is 28.9 Å². The fourth-order valence-electron chi connectivity index (χ4n) is 1.83. The van der Waals surface area contributed by atoms with E-state index < -0.39 is 10.8 Å². The number of hydrogen-bond donors (Lipinski definition) is 3. The number of nitrogens with zero attached hydrogens (tertiary/aromatic N) is 3. The van der Waals surface area contributed by atoms with Crippen LogP contribution < -0.4 is 11.2 Å². The third-order valence-corrected chi connectivity index (χ3v) is 5.01. The molecule has 23 heavy (non-hydrogen) atoms. The molecule has 0 bridgehead atoms. The van der Waals surface area contributed by atoms with Gasteiger partial charge in [-0.25, -0.2) is 9.62 Å². The predicted molar refractivity (Wildman–Crippen MR) is 89.3 cm³/mol. The van der Waals surface area contributed by atoms with Crippen LogP contribution in [0.1, 0.15) is 18.2 Å². The van der Waals surface area contributed by atoms with E-state index in [1.54, 1.807) is 12.1 Å². The topological polar surface area (TPSA) is 127 Å². The van der Waals surface area contributed by atoms with Crippen LogP contribution in [-0.4, -0.2) is 37.9 Å². The van der Waals surface area contributed by atoms with Crippen molar-refractivity contribution in [3.05, 3.63) is 33.9 Å². The first-order chi connectivity index (χ1) is 11.1. The third kappa shape index (κ3) is 4.22. The summed E-state index contributed by atoms with van der Waals surface area (Å²) in [4.78, 5) is 4.26. The van der Waals surface area contributed by atoms with Gasteiger partial charge in [0.15, 0.2) is 11.5 Å². The maximum Gasteiger partial charge on any atom is 0.202 e. The number of halogens is 1. The van der Waals surface area contributed by atoms with Crippen molar-refractivity contribution in [3.63, 3.8) is 0 Å². The Balaban J connectivity index is 2.38. The molecule has 1 heterocycles. The second-order valence-corrected chi connectivity index (χ2v) is 6.80. The minimum absolute atomic E-state index is 0.0113. The summed E-state index contributed by atoms with van der Waals surface area (Å²) in [6.45, 7) is 2.27. The molecular weight excluding hydrogens is 386 g/mol. The predicted octanol–water partition coefficient (Wildman–Crippen LogP) is 1.52. The SMILES string of the molecule is CCc1ccc(N=C(NO)c2nonc2S(=O)CCN)cc1Br. The number of amidine groups is 1. The monoisotopic (exact) mass is 401 g/mol. The Morgan fingerprint density at radius 2 is 2.30 bits per heavy atom. The number of benzene rings is 1. The highest BCUT2D eigenvalue weighted by atomic mass is 79.9. The van der Waals surface area contributed by atoms with Gasteiger partial charge in [0.1, 0.15) is 0 Å². The number of hydrogen-bond acceptors (Lipinski definition) is 7. The minimum Gasteiger partial charge on any atom is -0.330 e. The third-order valence-electron chi connectivity index (χ3n) is 2.97. The molecule has 2 rings (SSSR count). The molecular formula is C13H16BrN5O3S. The van der Waals surface area contributed by atoms with Gasteiger partial charge in [0.05, 0.1) is 16.5 Å². The molecule has 0 saturated carbocycles. The van der Waals surface area contributed by atoms with E-state index in [2.05, 4.69) is 35.9 Å². The molecule has 0 spiro atoms. The van der Waals surface area contributed by atoms with Gasteiger partial charge in [-0.05, 0) is 34.4 Å². The molecule has 0 radical (unpaired) electrons. The second-order valence-electron chi connectivity index (χ2n) is 4.46. The summed E-state index contributed by atoms with van der Waals surface area (Å²) in [6, 6.07) is 5.53. The number of nitrogens with one attached hydrogen (secondary N) is 1. The van der Waals surface area contributed by atoms with Crippen LogP contribution in [0.25, 0.3) is 0 Å². The quantitative estimate of drug-likeness (QED) is 0.380. The summed E-state index contributed by atoms with van der Waals surface area (Å²) in [5.74, 6) is 0.194. The van der Waals surface area contributed by atoms with Crippen molar-refractivity contribution in [1.29, 1.82) is 0 Å². The molecule has 0 amide bonds. The summed E-state index contributed by atoms with van der Waals surface area (Å²) >= 11 is 3.46. The van der Waals surface area contributed by atoms with Crippen LogP contribution >= 0.6 is 15.9 Å². The van der Waals surface area contributed by atoms with Gasteiger partial charge in [0.25, 0.3) is 0 Å². The zero-order valence-corrected chi connectivity index (χ0v) is 14.7. The zero-order chi connectivity index (χ0) is 16.8. The Kier molecular flexibility index (Phi) is 6.39. The first-order valence-corrected chi connectivity index (χ1v) is 8.90. The maximum atomic E-state index is 12.0. The first-order valence-electron chi connectivity index (χ1n) is 6.79. The van der Waals surface area contributed by atoms with E-state index in [0.717, 1.165) is 16.5 Å². The number of hydroxylamine groups is 1. The van der Waals surface area contributed by atoms with E-state index in [1.165, 1.54) is 0 Å². The number of nitrogens with two attached hydrogens (primary N) is 1. The van der Waals surface area contributed by atoms with Gasteiger partial charge < -0.3 is 5.73 Å². The first kappa shape index (κ1) is 17.7. The molecule has 0 saturated heterocycles. The van der Waals surface area contributed by atoms with Crippen LogP contribution in [0.15, 0.2) is 37.3 Å². The molecule has 2 aromatic rings. The second kappa shape index (κ2) is 8.29. The molecule has 4 N–H and O–H groups in total. The summed E-state index contributed by atoms with van der Waals surface area (Å²) < 4.78 is 17.6. The Labute approximate surface area is 143 Å². The molecule has 1 atom stereocenters. The van der Waals surface area contributed by atoms with Gasteiger partial charge in [0.2, 0.25) is 5.03 Å². The van der Waals surface area contributed by atoms with E-state index >= 15 is 0 Å². The highest BCUT2D eigenvalue weighted by Gasteiger charge is 2.21. The van der Waals surface area contributed by atoms with Crippen LogP contribution in [0, 0.1) is 0 Å². The average Bonchev–Trinajstić information content (AvgIpc) is 3.02. The lowest BCUT2D eigenvalue weighted by Crippen LogP contribution is -2.23. The van der Waals surface area contributed by atoms with Crippen LogP contribution in [0.4, 0.5) is 5.69 Å². The summed E-state index contributed by atoms with van der Waals surface area (Å²) in [7, 11) is -1.49. The minimum atomic E-state index is -1.49. The van der Waals surface area contributed by atoms with Crippen LogP contribution in [0.3, 0.4) is 0 Å². The smallest absolute Gasteiger partial charge is 0.202 e. The summed E-state index contributed by atoms with van der Waals surface area (Å²) in [6.07, 6.45) is 0.880. The average molecular weight is 402 g/mol. The van der Waals surface area contributed by atoms with E-state index in [-0.39, 0.29) is 28.9 Å². The highest BCUT2D eigenvalue weighted by molar-refractivity contribution is 9.10. The normalized spacial score (nSPS) is 13.1. The fraction of sp³-hybridized carbons (Fsp3) is 0.308. The lowest BCUT2D eigenvalue weighted by Gasteiger charge is -2.05. The van der Waals surface area contributed by atoms with Crippen molar-refractivity contribution in [1.82, 2.24) is 15.8 Å². The highest BCUT2D eigenvalue weighted by Crippen LogP contribution is 2.24. The van der Waals surface area contributed by atoms with Gasteiger partial charge in [-0.3, -0.25) is 14.9 Å². The Hall–Kier alpha value is -1.62. The summed E-state index contributed by atoms with van der Waals surface area (Å²) in [5, 5.41) is 16.7. The number of aromatic nitrogens is 2. The van der Waals surface area contributed by atoms with Crippen LogP contribution in [0.2, 0.25) is 0 Å². The van der Waals surface area contributed by atoms with Crippen molar-refractivity contribution in [2.45, 2.75) is 18.4 Å². The van der Waals surface area contributed by atoms with Gasteiger partial charge >= 0.3 is 0 Å². The zero-order valence-electron chi connectivity index (χ0n) is 12.3. The van der Waals surface area contributed by atoms with Gasteiger partial charge in [-0.15, -0.1) is 0 Å². The van der Waals surface area contributed by atoms with E-state index in [9.17, 15) is 9.42 Å². The molecule has 124 valence electrons. The molecule has 0 aliphatic rings. The summed E-state index contributed by atoms with van der Waals surface area (Å²) in [5.41, 5.74) is 9.12. The van der Waals surface area contributed by atoms with E-state index in [0.29, 0.717) is 5.69 Å². The van der Waals surface area contributed by atoms with Crippen molar-refractivity contribution in [2.75, 3.05) is 12.3 Å². The lowest BCUT2D eigenvalue weighted by atomic mass is 10.1. The van der Waals surface area contributed by atoms with Crippen molar-refractivity contribution in [2.24, 2.45) is 10.7 Å². The fourth-order valence-corrected chi connectivity index (χ4v) is 3.35. The van der Waals surface area contributed by atoms with Crippen molar-refractivity contribution < 1.29 is 14.0 Å². The van der Waals surface area contributed by atoms with Crippen LogP contribution in [-0.2, 0) is 17.2 Å². The molecule has 0 aliphatic carbocycles. The van der Waals surface area contributed by atoms with Crippen molar-refractivity contribution in [3.8, 4) is 0 Å². The molecule has 0 aliphatic heterocycles. The number of aliphatic imine (C=N–C) groups is 1. The van der Waals surface area contributed by atoms with Gasteiger partial charge in [-0.2, -0.15) is 0 Å². The Morgan fingerprint density at radius 3 is 2.91 bits per heavy atom. The van der Waals surface area contributed by atoms with Crippen LogP contribution in [0.5, 0.6) is 0 Å². The largest absolute Gasteiger partial charge is 0.330 e. The van der Waals surface area contributed by atoms with E-state index in [4.69, 9.17) is 5.73 Å². The molecule has 10 heteroatoms. The lowest BCUT2D eigenvalue weighted by molar-refractivity contribution is 0.234.